The Bertz CT molecular complexity index is 528. The Kier molecular flexibility index (Phi) is 4.19. The van der Waals surface area contributed by atoms with Crippen molar-refractivity contribution in [2.75, 3.05) is 0 Å². The minimum absolute atomic E-state index is 0.0578. The Morgan fingerprint density at radius 1 is 1.18 bits per heavy atom. The zero-order valence-electron chi connectivity index (χ0n) is 9.43. The van der Waals surface area contributed by atoms with E-state index in [1.807, 2.05) is 18.2 Å². The summed E-state index contributed by atoms with van der Waals surface area (Å²) in [6, 6.07) is 7.78. The van der Waals surface area contributed by atoms with Crippen LogP contribution in [0.3, 0.4) is 0 Å². The van der Waals surface area contributed by atoms with Crippen molar-refractivity contribution < 1.29 is 0 Å². The van der Waals surface area contributed by atoms with E-state index >= 15 is 0 Å². The van der Waals surface area contributed by atoms with Gasteiger partial charge in [0.25, 0.3) is 0 Å². The molecule has 0 aliphatic heterocycles. The van der Waals surface area contributed by atoms with E-state index in [-0.39, 0.29) is 4.83 Å². The first-order valence-electron chi connectivity index (χ1n) is 5.15. The third-order valence-corrected chi connectivity index (χ3v) is 5.66. The molecule has 0 nitrogen and oxygen atoms in total. The first-order chi connectivity index (χ1) is 8.00. The third-order valence-electron chi connectivity index (χ3n) is 2.56. The Labute approximate surface area is 124 Å². The van der Waals surface area contributed by atoms with Crippen LogP contribution in [0, 0.1) is 13.8 Å². The summed E-state index contributed by atoms with van der Waals surface area (Å²) in [5, 5.41) is 1.40. The number of hydrogen-bond acceptors (Lipinski definition) is 1. The average molecular weight is 350 g/mol. The predicted molar refractivity (Wildman–Crippen MR) is 81.0 cm³/mol. The summed E-state index contributed by atoms with van der Waals surface area (Å²) in [4.78, 5) is 2.62. The van der Waals surface area contributed by atoms with E-state index in [9.17, 15) is 0 Å². The molecule has 0 aliphatic carbocycles. The van der Waals surface area contributed by atoms with Crippen LogP contribution in [-0.2, 0) is 0 Å². The average Bonchev–Trinajstić information content (AvgIpc) is 2.57. The molecule has 2 aromatic rings. The van der Waals surface area contributed by atoms with Gasteiger partial charge in [-0.15, -0.1) is 11.3 Å². The second-order valence-electron chi connectivity index (χ2n) is 3.90. The van der Waals surface area contributed by atoms with Gasteiger partial charge in [-0.1, -0.05) is 45.2 Å². The SMILES string of the molecule is Cc1cc(C)c(C(Br)c2c(Cl)cccc2Cl)s1. The number of rotatable bonds is 2. The topological polar surface area (TPSA) is 0 Å². The van der Waals surface area contributed by atoms with E-state index in [4.69, 9.17) is 23.2 Å². The molecule has 0 fully saturated rings. The second kappa shape index (κ2) is 5.31. The molecular weight excluding hydrogens is 339 g/mol. The molecule has 1 heterocycles. The molecule has 0 bridgehead atoms. The molecule has 0 aliphatic rings. The second-order valence-corrected chi connectivity index (χ2v) is 6.92. The summed E-state index contributed by atoms with van der Waals surface area (Å²) in [6.45, 7) is 4.22. The van der Waals surface area contributed by atoms with Gasteiger partial charge in [0.15, 0.2) is 0 Å². The van der Waals surface area contributed by atoms with Gasteiger partial charge in [0, 0.05) is 25.4 Å². The lowest BCUT2D eigenvalue weighted by Crippen LogP contribution is -1.94. The molecule has 1 unspecified atom stereocenters. The van der Waals surface area contributed by atoms with E-state index < -0.39 is 0 Å². The van der Waals surface area contributed by atoms with Crippen molar-refractivity contribution in [3.8, 4) is 0 Å². The van der Waals surface area contributed by atoms with Gasteiger partial charge >= 0.3 is 0 Å². The molecule has 0 N–H and O–H groups in total. The summed E-state index contributed by atoms with van der Waals surface area (Å²) in [5.74, 6) is 0. The largest absolute Gasteiger partial charge is 0.144 e. The molecule has 90 valence electrons. The lowest BCUT2D eigenvalue weighted by molar-refractivity contribution is 1.19. The number of alkyl halides is 1. The van der Waals surface area contributed by atoms with Crippen LogP contribution in [-0.4, -0.2) is 0 Å². The predicted octanol–water partition coefficient (Wildman–Crippen LogP) is 6.16. The van der Waals surface area contributed by atoms with Crippen LogP contribution in [0.5, 0.6) is 0 Å². The minimum atomic E-state index is 0.0578. The van der Waals surface area contributed by atoms with Gasteiger partial charge in [0.05, 0.1) is 4.83 Å². The normalized spacial score (nSPS) is 12.8. The van der Waals surface area contributed by atoms with Gasteiger partial charge < -0.3 is 0 Å². The minimum Gasteiger partial charge on any atom is -0.144 e. The number of halogens is 3. The molecule has 2 rings (SSSR count). The molecule has 0 amide bonds. The lowest BCUT2D eigenvalue weighted by Gasteiger charge is -2.13. The third kappa shape index (κ3) is 2.70. The molecule has 4 heteroatoms. The monoisotopic (exact) mass is 348 g/mol. The van der Waals surface area contributed by atoms with Crippen LogP contribution in [0.2, 0.25) is 10.0 Å². The molecule has 0 saturated carbocycles. The van der Waals surface area contributed by atoms with Crippen LogP contribution in [0.4, 0.5) is 0 Å². The van der Waals surface area contributed by atoms with E-state index in [1.54, 1.807) is 11.3 Å². The van der Waals surface area contributed by atoms with E-state index in [2.05, 4.69) is 35.8 Å². The first-order valence-corrected chi connectivity index (χ1v) is 7.64. The maximum atomic E-state index is 6.22. The van der Waals surface area contributed by atoms with Gasteiger partial charge in [-0.2, -0.15) is 0 Å². The van der Waals surface area contributed by atoms with Gasteiger partial charge in [-0.25, -0.2) is 0 Å². The van der Waals surface area contributed by atoms with Crippen LogP contribution < -0.4 is 0 Å². The molecule has 0 saturated heterocycles. The fourth-order valence-corrected chi connectivity index (χ4v) is 4.83. The molecule has 1 atom stereocenters. The van der Waals surface area contributed by atoms with Crippen molar-refractivity contribution in [3.63, 3.8) is 0 Å². The van der Waals surface area contributed by atoms with Crippen molar-refractivity contribution in [2.45, 2.75) is 18.7 Å². The standard InChI is InChI=1S/C13H11BrCl2S/c1-7-6-8(2)17-13(7)12(14)11-9(15)4-3-5-10(11)16/h3-6,12H,1-2H3. The van der Waals surface area contributed by atoms with Crippen molar-refractivity contribution >= 4 is 50.5 Å². The highest BCUT2D eigenvalue weighted by Gasteiger charge is 2.20. The summed E-state index contributed by atoms with van der Waals surface area (Å²) in [5.41, 5.74) is 2.21. The Balaban J connectivity index is 2.51. The fourth-order valence-electron chi connectivity index (χ4n) is 1.79. The highest BCUT2D eigenvalue weighted by atomic mass is 79.9. The zero-order chi connectivity index (χ0) is 12.6. The first kappa shape index (κ1) is 13.4. The number of thiophene rings is 1. The molecule has 0 radical (unpaired) electrons. The van der Waals surface area contributed by atoms with Crippen LogP contribution >= 0.6 is 50.5 Å². The maximum Gasteiger partial charge on any atom is 0.0769 e. The molecule has 17 heavy (non-hydrogen) atoms. The van der Waals surface area contributed by atoms with Crippen LogP contribution in [0.15, 0.2) is 24.3 Å². The quantitative estimate of drug-likeness (QED) is 0.570. The van der Waals surface area contributed by atoms with Crippen molar-refractivity contribution in [1.82, 2.24) is 0 Å². The van der Waals surface area contributed by atoms with Crippen LogP contribution in [0.25, 0.3) is 0 Å². The Morgan fingerprint density at radius 3 is 2.24 bits per heavy atom. The lowest BCUT2D eigenvalue weighted by atomic mass is 10.1. The van der Waals surface area contributed by atoms with Gasteiger partial charge in [-0.3, -0.25) is 0 Å². The van der Waals surface area contributed by atoms with E-state index in [0.717, 1.165) is 5.56 Å². The van der Waals surface area contributed by atoms with E-state index in [0.29, 0.717) is 10.0 Å². The maximum absolute atomic E-state index is 6.22. The summed E-state index contributed by atoms with van der Waals surface area (Å²) >= 11 is 17.9. The van der Waals surface area contributed by atoms with Gasteiger partial charge in [0.1, 0.15) is 0 Å². The number of hydrogen-bond donors (Lipinski definition) is 0. The summed E-state index contributed by atoms with van der Waals surface area (Å²) < 4.78 is 0. The Morgan fingerprint density at radius 2 is 1.76 bits per heavy atom. The number of aryl methyl sites for hydroxylation is 2. The van der Waals surface area contributed by atoms with Gasteiger partial charge in [-0.05, 0) is 37.6 Å². The van der Waals surface area contributed by atoms with E-state index in [1.165, 1.54) is 15.3 Å². The van der Waals surface area contributed by atoms with Crippen molar-refractivity contribution in [1.29, 1.82) is 0 Å². The molecular formula is C13H11BrCl2S. The highest BCUT2D eigenvalue weighted by molar-refractivity contribution is 9.09. The van der Waals surface area contributed by atoms with Crippen LogP contribution in [0.1, 0.15) is 25.7 Å². The zero-order valence-corrected chi connectivity index (χ0v) is 13.3. The van der Waals surface area contributed by atoms with Gasteiger partial charge in [0.2, 0.25) is 0 Å². The highest BCUT2D eigenvalue weighted by Crippen LogP contribution is 2.43. The smallest absolute Gasteiger partial charge is 0.0769 e. The molecule has 1 aromatic heterocycles. The molecule has 1 aromatic carbocycles. The summed E-state index contributed by atoms with van der Waals surface area (Å²) in [7, 11) is 0. The number of benzene rings is 1. The van der Waals surface area contributed by atoms with Crippen molar-refractivity contribution in [2.24, 2.45) is 0 Å². The Hall–Kier alpha value is -0.0200. The van der Waals surface area contributed by atoms with Crippen molar-refractivity contribution in [3.05, 3.63) is 55.2 Å². The summed E-state index contributed by atoms with van der Waals surface area (Å²) in [6.07, 6.45) is 0. The molecule has 0 spiro atoms. The fraction of sp³-hybridized carbons (Fsp3) is 0.231.